The Kier molecular flexibility index (Phi) is 6.55. The quantitative estimate of drug-likeness (QED) is 0.560. The molecule has 0 aliphatic carbocycles. The van der Waals surface area contributed by atoms with Crippen molar-refractivity contribution in [2.24, 2.45) is 0 Å². The molecule has 0 radical (unpaired) electrons. The van der Waals surface area contributed by atoms with Crippen LogP contribution < -0.4 is 0 Å². The number of aliphatic hydroxyl groups excluding tert-OH is 1. The molecule has 1 aliphatic rings. The summed E-state index contributed by atoms with van der Waals surface area (Å²) in [6, 6.07) is 0. The second kappa shape index (κ2) is 7.41. The maximum atomic E-state index is 10.9. The molecule has 5 nitrogen and oxygen atoms in total. The van der Waals surface area contributed by atoms with Gasteiger partial charge in [0.25, 0.3) is 0 Å². The van der Waals surface area contributed by atoms with Crippen LogP contribution in [-0.4, -0.2) is 50.8 Å². The fourth-order valence-electron chi connectivity index (χ4n) is 1.25. The summed E-state index contributed by atoms with van der Waals surface area (Å²) in [5.41, 5.74) is 0. The molecule has 1 N–H and O–H groups in total. The van der Waals surface area contributed by atoms with Crippen molar-refractivity contribution in [1.29, 1.82) is 0 Å². The highest BCUT2D eigenvalue weighted by atomic mass is 32.2. The molecule has 1 aliphatic heterocycles. The molecule has 1 saturated heterocycles. The highest BCUT2D eigenvalue weighted by Gasteiger charge is 2.43. The van der Waals surface area contributed by atoms with E-state index in [4.69, 9.17) is 18.4 Å². The van der Waals surface area contributed by atoms with Gasteiger partial charge in [0, 0.05) is 33.4 Å². The Morgan fingerprint density at radius 2 is 2.19 bits per heavy atom. The van der Waals surface area contributed by atoms with Crippen LogP contribution in [0.1, 0.15) is 19.8 Å². The van der Waals surface area contributed by atoms with Gasteiger partial charge < -0.3 is 18.4 Å². The van der Waals surface area contributed by atoms with Gasteiger partial charge in [-0.05, 0) is 12.8 Å². The van der Waals surface area contributed by atoms with E-state index in [1.165, 1.54) is 18.7 Å². The zero-order valence-electron chi connectivity index (χ0n) is 9.44. The van der Waals surface area contributed by atoms with Crippen LogP contribution in [0.25, 0.3) is 0 Å². The molecule has 16 heavy (non-hydrogen) atoms. The summed E-state index contributed by atoms with van der Waals surface area (Å²) in [7, 11) is -2.65. The van der Waals surface area contributed by atoms with Crippen molar-refractivity contribution in [3.05, 3.63) is 0 Å². The van der Waals surface area contributed by atoms with E-state index in [1.807, 2.05) is 0 Å². The highest BCUT2D eigenvalue weighted by molar-refractivity contribution is 8.14. The highest BCUT2D eigenvalue weighted by Crippen LogP contribution is 2.21. The summed E-state index contributed by atoms with van der Waals surface area (Å²) in [4.78, 5) is 10.9. The standard InChI is InChI=1S/C9H18O5SSi/c1-9(11)15-8-16(12-5-2-4-10)13-6-3-7-14-16/h10H,2-8H2,1H3. The van der Waals surface area contributed by atoms with Crippen molar-refractivity contribution in [2.45, 2.75) is 19.8 Å². The average Bonchev–Trinajstić information content (AvgIpc) is 2.28. The molecule has 0 spiro atoms. The third-order valence-electron chi connectivity index (χ3n) is 2.01. The molecular weight excluding hydrogens is 248 g/mol. The smallest absolute Gasteiger partial charge is 0.396 e. The fraction of sp³-hybridized carbons (Fsp3) is 0.889. The third kappa shape index (κ3) is 4.94. The number of thioether (sulfide) groups is 1. The molecule has 1 rings (SSSR count). The largest absolute Gasteiger partial charge is 0.511 e. The van der Waals surface area contributed by atoms with Crippen LogP contribution in [0.5, 0.6) is 0 Å². The first kappa shape index (κ1) is 14.1. The van der Waals surface area contributed by atoms with E-state index in [0.29, 0.717) is 31.6 Å². The van der Waals surface area contributed by atoms with Crippen molar-refractivity contribution in [3.63, 3.8) is 0 Å². The molecular formula is C9H18O5SSi. The van der Waals surface area contributed by atoms with Crippen LogP contribution >= 0.6 is 11.8 Å². The number of aliphatic hydroxyl groups is 1. The summed E-state index contributed by atoms with van der Waals surface area (Å²) in [5.74, 6) is 0. The van der Waals surface area contributed by atoms with Crippen LogP contribution in [0.2, 0.25) is 0 Å². The molecule has 1 fully saturated rings. The Bertz CT molecular complexity index is 220. The summed E-state index contributed by atoms with van der Waals surface area (Å²) in [6.45, 7) is 3.28. The second-order valence-electron chi connectivity index (χ2n) is 3.44. The van der Waals surface area contributed by atoms with Gasteiger partial charge in [-0.3, -0.25) is 4.79 Å². The number of carbonyl (C=O) groups is 1. The average molecular weight is 266 g/mol. The van der Waals surface area contributed by atoms with Gasteiger partial charge in [-0.25, -0.2) is 0 Å². The predicted molar refractivity (Wildman–Crippen MR) is 63.1 cm³/mol. The molecule has 0 amide bonds. The van der Waals surface area contributed by atoms with Gasteiger partial charge in [0.05, 0.1) is 5.38 Å². The van der Waals surface area contributed by atoms with Gasteiger partial charge in [0.1, 0.15) is 0 Å². The lowest BCUT2D eigenvalue weighted by Gasteiger charge is -2.32. The first-order valence-electron chi connectivity index (χ1n) is 5.35. The maximum Gasteiger partial charge on any atom is 0.511 e. The van der Waals surface area contributed by atoms with E-state index in [-0.39, 0.29) is 11.7 Å². The van der Waals surface area contributed by atoms with Crippen LogP contribution in [-0.2, 0) is 18.1 Å². The molecule has 0 bridgehead atoms. The molecule has 0 saturated carbocycles. The van der Waals surface area contributed by atoms with Crippen molar-refractivity contribution in [2.75, 3.05) is 31.8 Å². The van der Waals surface area contributed by atoms with Crippen LogP contribution in [0.3, 0.4) is 0 Å². The number of rotatable bonds is 6. The molecule has 94 valence electrons. The summed E-state index contributed by atoms with van der Waals surface area (Å²) in [6.07, 6.45) is 1.43. The van der Waals surface area contributed by atoms with Crippen molar-refractivity contribution in [1.82, 2.24) is 0 Å². The molecule has 0 aromatic heterocycles. The monoisotopic (exact) mass is 266 g/mol. The fourth-order valence-corrected chi connectivity index (χ4v) is 5.38. The third-order valence-corrected chi connectivity index (χ3v) is 6.34. The molecule has 0 unspecified atom stereocenters. The Morgan fingerprint density at radius 3 is 2.75 bits per heavy atom. The minimum Gasteiger partial charge on any atom is -0.396 e. The summed E-state index contributed by atoms with van der Waals surface area (Å²) in [5, 5.41) is 9.20. The maximum absolute atomic E-state index is 10.9. The van der Waals surface area contributed by atoms with E-state index in [9.17, 15) is 4.79 Å². The van der Waals surface area contributed by atoms with E-state index in [2.05, 4.69) is 0 Å². The van der Waals surface area contributed by atoms with Gasteiger partial charge in [-0.15, -0.1) is 0 Å². The first-order valence-corrected chi connectivity index (χ1v) is 8.26. The molecule has 1 heterocycles. The number of hydrogen-bond acceptors (Lipinski definition) is 6. The van der Waals surface area contributed by atoms with Crippen molar-refractivity contribution >= 4 is 25.7 Å². The Labute approximate surface area is 101 Å². The summed E-state index contributed by atoms with van der Waals surface area (Å²) >= 11 is 1.18. The first-order chi connectivity index (χ1) is 7.68. The van der Waals surface area contributed by atoms with Crippen LogP contribution in [0.4, 0.5) is 0 Å². The lowest BCUT2D eigenvalue weighted by atomic mass is 10.5. The Balaban J connectivity index is 2.42. The zero-order valence-corrected chi connectivity index (χ0v) is 11.3. The van der Waals surface area contributed by atoms with E-state index in [1.54, 1.807) is 0 Å². The SMILES string of the molecule is CC(=O)SC[Si]1(OCCCO)OCCCO1. The molecule has 0 aromatic carbocycles. The molecule has 0 aromatic rings. The van der Waals surface area contributed by atoms with Gasteiger partial charge in [-0.1, -0.05) is 11.8 Å². The van der Waals surface area contributed by atoms with Crippen molar-refractivity contribution in [3.8, 4) is 0 Å². The molecule has 0 atom stereocenters. The minimum atomic E-state index is -2.65. The van der Waals surface area contributed by atoms with Crippen LogP contribution in [0, 0.1) is 0 Å². The van der Waals surface area contributed by atoms with Crippen LogP contribution in [0.15, 0.2) is 0 Å². The Morgan fingerprint density at radius 1 is 1.50 bits per heavy atom. The lowest BCUT2D eigenvalue weighted by molar-refractivity contribution is -0.109. The summed E-state index contributed by atoms with van der Waals surface area (Å²) < 4.78 is 16.8. The predicted octanol–water partition coefficient (Wildman–Crippen LogP) is 0.580. The van der Waals surface area contributed by atoms with E-state index in [0.717, 1.165) is 6.42 Å². The minimum absolute atomic E-state index is 0.0374. The van der Waals surface area contributed by atoms with E-state index >= 15 is 0 Å². The second-order valence-corrected chi connectivity index (χ2v) is 7.69. The zero-order chi connectivity index (χ0) is 11.9. The normalized spacial score (nSPS) is 19.6. The van der Waals surface area contributed by atoms with E-state index < -0.39 is 8.80 Å². The molecule has 7 heteroatoms. The number of carbonyl (C=O) groups excluding carboxylic acids is 1. The van der Waals surface area contributed by atoms with Gasteiger partial charge in [-0.2, -0.15) is 0 Å². The van der Waals surface area contributed by atoms with Gasteiger partial charge >= 0.3 is 8.80 Å². The van der Waals surface area contributed by atoms with Gasteiger partial charge in [0.2, 0.25) is 0 Å². The Hall–Kier alpha value is 0.0769. The number of hydrogen-bond donors (Lipinski definition) is 1. The van der Waals surface area contributed by atoms with Gasteiger partial charge in [0.15, 0.2) is 5.12 Å². The topological polar surface area (TPSA) is 65.0 Å². The van der Waals surface area contributed by atoms with Crippen molar-refractivity contribution < 1.29 is 23.2 Å². The lowest BCUT2D eigenvalue weighted by Crippen LogP contribution is -2.52.